The van der Waals surface area contributed by atoms with Gasteiger partial charge in [0, 0.05) is 23.0 Å². The third kappa shape index (κ3) is 8.01. The second-order valence-corrected chi connectivity index (χ2v) is 12.3. The van der Waals surface area contributed by atoms with E-state index in [-0.39, 0.29) is 12.2 Å². The van der Waals surface area contributed by atoms with Gasteiger partial charge in [-0.15, -0.1) is 0 Å². The Kier molecular flexibility index (Phi) is 11.4. The van der Waals surface area contributed by atoms with Gasteiger partial charge in [0.05, 0.1) is 7.11 Å². The van der Waals surface area contributed by atoms with Gasteiger partial charge < -0.3 is 14.9 Å². The first-order valence-corrected chi connectivity index (χ1v) is 16.5. The lowest BCUT2D eigenvalue weighted by Gasteiger charge is -2.12. The number of aliphatic hydroxyl groups excluding tert-OH is 2. The van der Waals surface area contributed by atoms with E-state index in [0.29, 0.717) is 0 Å². The molecule has 48 heavy (non-hydrogen) atoms. The molecule has 3 nitrogen and oxygen atoms in total. The summed E-state index contributed by atoms with van der Waals surface area (Å²) in [6.07, 6.45) is -0.333. The van der Waals surface area contributed by atoms with Crippen LogP contribution in [0.25, 0.3) is 64.6 Å². The molecule has 0 unspecified atom stereocenters. The Labute approximate surface area is 283 Å². The molecule has 0 saturated heterocycles. The van der Waals surface area contributed by atoms with Crippen LogP contribution in [0.15, 0.2) is 152 Å². The van der Waals surface area contributed by atoms with Crippen molar-refractivity contribution in [1.82, 2.24) is 0 Å². The number of aliphatic hydroxyl groups is 2. The summed E-state index contributed by atoms with van der Waals surface area (Å²) in [5, 5.41) is 32.0. The Hall–Kier alpha value is -5.22. The van der Waals surface area contributed by atoms with E-state index in [1.54, 1.807) is 34.8 Å². The molecule has 0 saturated carbocycles. The highest BCUT2D eigenvalue weighted by Gasteiger charge is 2.10. The van der Waals surface area contributed by atoms with Gasteiger partial charge >= 0.3 is 0 Å². The Bertz CT molecular complexity index is 2120. The molecule has 2 N–H and O–H groups in total. The lowest BCUT2D eigenvalue weighted by atomic mass is 9.94. The van der Waals surface area contributed by atoms with E-state index in [4.69, 9.17) is 14.9 Å². The summed E-state index contributed by atoms with van der Waals surface area (Å²) < 4.78 is 5.47. The summed E-state index contributed by atoms with van der Waals surface area (Å²) in [5.41, 5.74) is 0. The van der Waals surface area contributed by atoms with Gasteiger partial charge in [0.1, 0.15) is 5.75 Å². The van der Waals surface area contributed by atoms with Crippen LogP contribution in [-0.2, 0) is 0 Å². The van der Waals surface area contributed by atoms with E-state index in [1.165, 1.54) is 64.6 Å². The van der Waals surface area contributed by atoms with E-state index in [0.717, 1.165) is 5.75 Å². The van der Waals surface area contributed by atoms with Crippen LogP contribution >= 0.6 is 0 Å². The highest BCUT2D eigenvalue weighted by atomic mass is 16.5. The largest absolute Gasteiger partial charge is 0.496 e. The number of methoxy groups -OCH3 is 1. The molecule has 0 aliphatic rings. The fourth-order valence-electron chi connectivity index (χ4n) is 5.94. The van der Waals surface area contributed by atoms with Crippen molar-refractivity contribution in [2.45, 2.75) is 39.9 Å². The number of hydrogen-bond donors (Lipinski definition) is 2. The molecule has 0 heterocycles. The Morgan fingerprint density at radius 1 is 0.354 bits per heavy atom. The second-order valence-electron chi connectivity index (χ2n) is 12.3. The summed E-state index contributed by atoms with van der Waals surface area (Å²) in [6, 6.07) is 53.2. The molecule has 0 spiro atoms. The van der Waals surface area contributed by atoms with Gasteiger partial charge in [0.25, 0.3) is 0 Å². The highest BCUT2D eigenvalue weighted by molar-refractivity contribution is 6.24. The molecule has 0 radical (unpaired) electrons. The van der Waals surface area contributed by atoms with Crippen molar-refractivity contribution in [1.29, 1.82) is 0 Å². The zero-order valence-electron chi connectivity index (χ0n) is 28.4. The van der Waals surface area contributed by atoms with Gasteiger partial charge in [0.15, 0.2) is 0 Å². The molecule has 0 aliphatic carbocycles. The third-order valence-corrected chi connectivity index (χ3v) is 7.77. The Morgan fingerprint density at radius 3 is 0.917 bits per heavy atom. The number of rotatable bonds is 1. The number of benzene rings is 9. The molecule has 0 atom stereocenters. The van der Waals surface area contributed by atoms with E-state index in [1.807, 2.05) is 42.5 Å². The molecular formula is C45H44O3. The molecule has 0 fully saturated rings. The first-order chi connectivity index (χ1) is 23.3. The summed E-state index contributed by atoms with van der Waals surface area (Å²) >= 11 is 0. The molecular weight excluding hydrogens is 588 g/mol. The fourth-order valence-corrected chi connectivity index (χ4v) is 5.94. The van der Waals surface area contributed by atoms with Crippen molar-refractivity contribution < 1.29 is 14.9 Å². The van der Waals surface area contributed by atoms with Crippen LogP contribution in [0, 0.1) is 0 Å². The molecule has 3 heteroatoms. The fraction of sp³-hybridized carbons (Fsp3) is 0.156. The minimum absolute atomic E-state index is 0.167. The highest BCUT2D eigenvalue weighted by Crippen LogP contribution is 2.38. The first kappa shape index (κ1) is 34.1. The van der Waals surface area contributed by atoms with Crippen molar-refractivity contribution >= 4 is 64.6 Å². The van der Waals surface area contributed by atoms with Gasteiger partial charge in [-0.2, -0.15) is 0 Å². The van der Waals surface area contributed by atoms with E-state index in [2.05, 4.69) is 109 Å². The Balaban J connectivity index is 0.000000136. The van der Waals surface area contributed by atoms with Gasteiger partial charge in [-0.3, -0.25) is 0 Å². The maximum Gasteiger partial charge on any atom is 0.126 e. The molecule has 0 bridgehead atoms. The van der Waals surface area contributed by atoms with Gasteiger partial charge in [-0.1, -0.05) is 140 Å². The summed E-state index contributed by atoms with van der Waals surface area (Å²) in [4.78, 5) is 0. The SMILES string of the molecule is CC(C)O.CC(C)O.COc1ccc2ccc3cccc4ccc1c2c34.c1cc2ccc3cccc4ccc(c1)c2c34.c1ccccc1. The van der Waals surface area contributed by atoms with Crippen molar-refractivity contribution in [3.05, 3.63) is 152 Å². The van der Waals surface area contributed by atoms with E-state index >= 15 is 0 Å². The maximum absolute atomic E-state index is 8.06. The van der Waals surface area contributed by atoms with Crippen LogP contribution in [0.2, 0.25) is 0 Å². The summed E-state index contributed by atoms with van der Waals surface area (Å²) in [7, 11) is 1.73. The van der Waals surface area contributed by atoms with Crippen LogP contribution < -0.4 is 4.74 Å². The third-order valence-electron chi connectivity index (χ3n) is 7.77. The number of hydrogen-bond acceptors (Lipinski definition) is 3. The van der Waals surface area contributed by atoms with Crippen LogP contribution in [0.4, 0.5) is 0 Å². The smallest absolute Gasteiger partial charge is 0.126 e. The maximum atomic E-state index is 8.06. The van der Waals surface area contributed by atoms with Crippen molar-refractivity contribution in [2.75, 3.05) is 7.11 Å². The first-order valence-electron chi connectivity index (χ1n) is 16.5. The van der Waals surface area contributed by atoms with E-state index < -0.39 is 0 Å². The monoisotopic (exact) mass is 632 g/mol. The molecule has 242 valence electrons. The van der Waals surface area contributed by atoms with Crippen molar-refractivity contribution in [3.8, 4) is 5.75 Å². The molecule has 0 aromatic heterocycles. The second kappa shape index (κ2) is 16.1. The average molecular weight is 633 g/mol. The Morgan fingerprint density at radius 2 is 0.604 bits per heavy atom. The lowest BCUT2D eigenvalue weighted by molar-refractivity contribution is 0.215. The zero-order chi connectivity index (χ0) is 34.0. The number of ether oxygens (including phenoxy) is 1. The standard InChI is InChI=1S/C17H12O.C16H10.C6H6.2C3H8O/c1-18-15-10-8-13-6-5-11-3-2-4-12-7-9-14(15)17(13)16(11)12;1-3-11-7-9-13-5-2-6-14-10-8-12(4-1)15(11)16(13)14;1-2-4-6-5-3-1;2*1-3(2)4/h2-10H,1H3;1-10H;1-6H;2*3-4H,1-2H3. The van der Waals surface area contributed by atoms with E-state index in [9.17, 15) is 0 Å². The minimum Gasteiger partial charge on any atom is -0.496 e. The van der Waals surface area contributed by atoms with Crippen LogP contribution in [0.3, 0.4) is 0 Å². The average Bonchev–Trinajstić information content (AvgIpc) is 3.10. The van der Waals surface area contributed by atoms with Crippen LogP contribution in [0.5, 0.6) is 5.75 Å². The molecule has 0 amide bonds. The summed E-state index contributed by atoms with van der Waals surface area (Å²) in [6.45, 7) is 6.89. The predicted molar refractivity (Wildman–Crippen MR) is 208 cm³/mol. The molecule has 9 aromatic rings. The van der Waals surface area contributed by atoms with Crippen molar-refractivity contribution in [2.24, 2.45) is 0 Å². The topological polar surface area (TPSA) is 49.7 Å². The van der Waals surface area contributed by atoms with Gasteiger partial charge in [0.2, 0.25) is 0 Å². The van der Waals surface area contributed by atoms with Crippen LogP contribution in [-0.4, -0.2) is 29.5 Å². The predicted octanol–water partition coefficient (Wildman–Crippen LogP) is 11.6. The molecule has 0 aliphatic heterocycles. The van der Waals surface area contributed by atoms with Crippen molar-refractivity contribution in [3.63, 3.8) is 0 Å². The van der Waals surface area contributed by atoms with Crippen LogP contribution in [0.1, 0.15) is 27.7 Å². The quantitative estimate of drug-likeness (QED) is 0.177. The normalized spacial score (nSPS) is 10.8. The minimum atomic E-state index is -0.167. The molecule has 9 rings (SSSR count). The lowest BCUT2D eigenvalue weighted by Crippen LogP contribution is -1.88. The van der Waals surface area contributed by atoms with Gasteiger partial charge in [-0.25, -0.2) is 0 Å². The summed E-state index contributed by atoms with van der Waals surface area (Å²) in [5.74, 6) is 0.945. The zero-order valence-corrected chi connectivity index (χ0v) is 28.4. The molecule has 9 aromatic carbocycles. The van der Waals surface area contributed by atoms with Gasteiger partial charge in [-0.05, 0) is 93.7 Å².